The molecule has 1 aromatic rings. The Kier molecular flexibility index (Phi) is 6.48. The predicted molar refractivity (Wildman–Crippen MR) is 70.9 cm³/mol. The van der Waals surface area contributed by atoms with Gasteiger partial charge in [0.2, 0.25) is 0 Å². The first-order valence-corrected chi connectivity index (χ1v) is 6.36. The minimum atomic E-state index is 0.180. The average Bonchev–Trinajstić information content (AvgIpc) is 2.32. The molecule has 3 heteroatoms. The highest BCUT2D eigenvalue weighted by molar-refractivity contribution is 5.31. The lowest BCUT2D eigenvalue weighted by atomic mass is 10.3. The van der Waals surface area contributed by atoms with Gasteiger partial charge in [-0.05, 0) is 51.1 Å². The molecule has 1 unspecified atom stereocenters. The van der Waals surface area contributed by atoms with E-state index in [2.05, 4.69) is 19.2 Å². The smallest absolute Gasteiger partial charge is 0.120 e. The number of nitrogens with one attached hydrogen (secondary N) is 1. The highest BCUT2D eigenvalue weighted by Crippen LogP contribution is 2.18. The Morgan fingerprint density at radius 2 is 1.76 bits per heavy atom. The third kappa shape index (κ3) is 5.59. The van der Waals surface area contributed by atoms with Crippen LogP contribution in [0.2, 0.25) is 0 Å². The predicted octanol–water partition coefficient (Wildman–Crippen LogP) is 2.85. The monoisotopic (exact) mass is 237 g/mol. The summed E-state index contributed by atoms with van der Waals surface area (Å²) in [5.41, 5.74) is 0. The van der Waals surface area contributed by atoms with E-state index < -0.39 is 0 Å². The van der Waals surface area contributed by atoms with Crippen LogP contribution in [0.3, 0.4) is 0 Å². The molecule has 0 spiro atoms. The van der Waals surface area contributed by atoms with E-state index in [4.69, 9.17) is 9.47 Å². The third-order valence-electron chi connectivity index (χ3n) is 2.33. The Balaban J connectivity index is 2.34. The second-order valence-corrected chi connectivity index (χ2v) is 4.04. The topological polar surface area (TPSA) is 30.5 Å². The van der Waals surface area contributed by atoms with Crippen LogP contribution >= 0.6 is 0 Å². The van der Waals surface area contributed by atoms with Crippen molar-refractivity contribution >= 4 is 0 Å². The van der Waals surface area contributed by atoms with Gasteiger partial charge in [0, 0.05) is 6.54 Å². The maximum Gasteiger partial charge on any atom is 0.120 e. The minimum absolute atomic E-state index is 0.180. The summed E-state index contributed by atoms with van der Waals surface area (Å²) in [4.78, 5) is 0. The van der Waals surface area contributed by atoms with Crippen LogP contribution in [0.5, 0.6) is 11.5 Å². The maximum absolute atomic E-state index is 5.78. The number of rotatable bonds is 8. The Morgan fingerprint density at radius 1 is 1.12 bits per heavy atom. The van der Waals surface area contributed by atoms with Gasteiger partial charge in [-0.2, -0.15) is 0 Å². The van der Waals surface area contributed by atoms with E-state index in [1.807, 2.05) is 31.2 Å². The molecule has 0 saturated heterocycles. The van der Waals surface area contributed by atoms with Crippen molar-refractivity contribution in [1.82, 2.24) is 5.32 Å². The van der Waals surface area contributed by atoms with Gasteiger partial charge < -0.3 is 14.8 Å². The molecule has 0 heterocycles. The van der Waals surface area contributed by atoms with E-state index in [0.29, 0.717) is 6.61 Å². The third-order valence-corrected chi connectivity index (χ3v) is 2.33. The molecule has 0 aliphatic heterocycles. The van der Waals surface area contributed by atoms with Gasteiger partial charge >= 0.3 is 0 Å². The average molecular weight is 237 g/mol. The van der Waals surface area contributed by atoms with E-state index in [0.717, 1.165) is 31.0 Å². The molecule has 96 valence electrons. The van der Waals surface area contributed by atoms with Crippen LogP contribution in [0.4, 0.5) is 0 Å². The van der Waals surface area contributed by atoms with Gasteiger partial charge in [-0.1, -0.05) is 6.92 Å². The summed E-state index contributed by atoms with van der Waals surface area (Å²) < 4.78 is 11.2. The van der Waals surface area contributed by atoms with E-state index in [9.17, 15) is 0 Å². The number of hydrogen-bond acceptors (Lipinski definition) is 3. The van der Waals surface area contributed by atoms with Gasteiger partial charge in [0.25, 0.3) is 0 Å². The lowest BCUT2D eigenvalue weighted by molar-refractivity contribution is 0.217. The SMILES string of the molecule is CCCNCC(C)Oc1ccc(OCC)cc1. The Hall–Kier alpha value is -1.22. The van der Waals surface area contributed by atoms with Gasteiger partial charge in [-0.15, -0.1) is 0 Å². The molecule has 0 amide bonds. The molecule has 0 bridgehead atoms. The van der Waals surface area contributed by atoms with Gasteiger partial charge in [0.1, 0.15) is 17.6 Å². The summed E-state index contributed by atoms with van der Waals surface area (Å²) in [6.45, 7) is 8.81. The van der Waals surface area contributed by atoms with Crippen molar-refractivity contribution in [2.75, 3.05) is 19.7 Å². The summed E-state index contributed by atoms with van der Waals surface area (Å²) in [6.07, 6.45) is 1.33. The molecule has 3 nitrogen and oxygen atoms in total. The molecular formula is C14H23NO2. The molecule has 1 N–H and O–H groups in total. The van der Waals surface area contributed by atoms with Crippen LogP contribution in [0.1, 0.15) is 27.2 Å². The number of benzene rings is 1. The first-order chi connectivity index (χ1) is 8.26. The Morgan fingerprint density at radius 3 is 2.35 bits per heavy atom. The van der Waals surface area contributed by atoms with Crippen molar-refractivity contribution in [2.45, 2.75) is 33.3 Å². The molecule has 1 atom stereocenters. The van der Waals surface area contributed by atoms with Crippen LogP contribution in [-0.2, 0) is 0 Å². The van der Waals surface area contributed by atoms with Crippen LogP contribution in [0, 0.1) is 0 Å². The van der Waals surface area contributed by atoms with Crippen LogP contribution in [0.25, 0.3) is 0 Å². The zero-order chi connectivity index (χ0) is 12.5. The molecule has 0 aliphatic carbocycles. The van der Waals surface area contributed by atoms with Crippen LogP contribution in [-0.4, -0.2) is 25.8 Å². The molecular weight excluding hydrogens is 214 g/mol. The molecule has 1 rings (SSSR count). The van der Waals surface area contributed by atoms with Gasteiger partial charge in [0.15, 0.2) is 0 Å². The second-order valence-electron chi connectivity index (χ2n) is 4.04. The van der Waals surface area contributed by atoms with E-state index in [-0.39, 0.29) is 6.10 Å². The molecule has 0 radical (unpaired) electrons. The summed E-state index contributed by atoms with van der Waals surface area (Å²) >= 11 is 0. The largest absolute Gasteiger partial charge is 0.494 e. The Labute approximate surface area is 104 Å². The quantitative estimate of drug-likeness (QED) is 0.705. The van der Waals surface area contributed by atoms with Gasteiger partial charge in [-0.3, -0.25) is 0 Å². The maximum atomic E-state index is 5.78. The first kappa shape index (κ1) is 13.8. The van der Waals surface area contributed by atoms with Crippen molar-refractivity contribution in [3.63, 3.8) is 0 Å². The normalized spacial score (nSPS) is 12.2. The molecule has 17 heavy (non-hydrogen) atoms. The summed E-state index contributed by atoms with van der Waals surface area (Å²) in [7, 11) is 0. The van der Waals surface area contributed by atoms with Gasteiger partial charge in [-0.25, -0.2) is 0 Å². The van der Waals surface area contributed by atoms with Crippen molar-refractivity contribution in [1.29, 1.82) is 0 Å². The molecule has 0 fully saturated rings. The zero-order valence-corrected chi connectivity index (χ0v) is 11.0. The van der Waals surface area contributed by atoms with Crippen LogP contribution in [0.15, 0.2) is 24.3 Å². The lowest BCUT2D eigenvalue weighted by Gasteiger charge is -2.15. The van der Waals surface area contributed by atoms with E-state index in [1.54, 1.807) is 0 Å². The highest BCUT2D eigenvalue weighted by atomic mass is 16.5. The summed E-state index contributed by atoms with van der Waals surface area (Å²) in [5, 5.41) is 3.34. The van der Waals surface area contributed by atoms with Gasteiger partial charge in [0.05, 0.1) is 6.61 Å². The standard InChI is InChI=1S/C14H23NO2/c1-4-10-15-11-12(3)17-14-8-6-13(7-9-14)16-5-2/h6-9,12,15H,4-5,10-11H2,1-3H3. The van der Waals surface area contributed by atoms with Crippen molar-refractivity contribution in [2.24, 2.45) is 0 Å². The summed E-state index contributed by atoms with van der Waals surface area (Å²) in [5.74, 6) is 1.77. The van der Waals surface area contributed by atoms with E-state index >= 15 is 0 Å². The minimum Gasteiger partial charge on any atom is -0.494 e. The van der Waals surface area contributed by atoms with Crippen molar-refractivity contribution in [3.8, 4) is 11.5 Å². The lowest BCUT2D eigenvalue weighted by Crippen LogP contribution is -2.29. The zero-order valence-electron chi connectivity index (χ0n) is 11.0. The molecule has 0 saturated carbocycles. The van der Waals surface area contributed by atoms with Crippen molar-refractivity contribution < 1.29 is 9.47 Å². The van der Waals surface area contributed by atoms with Crippen LogP contribution < -0.4 is 14.8 Å². The Bertz CT molecular complexity index is 298. The summed E-state index contributed by atoms with van der Waals surface area (Å²) in [6, 6.07) is 7.76. The fourth-order valence-corrected chi connectivity index (χ4v) is 1.54. The molecule has 0 aromatic heterocycles. The highest BCUT2D eigenvalue weighted by Gasteiger charge is 2.03. The molecule has 0 aliphatic rings. The second kappa shape index (κ2) is 7.96. The first-order valence-electron chi connectivity index (χ1n) is 6.36. The molecule has 1 aromatic carbocycles. The number of hydrogen-bond donors (Lipinski definition) is 1. The number of ether oxygens (including phenoxy) is 2. The fraction of sp³-hybridized carbons (Fsp3) is 0.571. The van der Waals surface area contributed by atoms with E-state index in [1.165, 1.54) is 0 Å². The fourth-order valence-electron chi connectivity index (χ4n) is 1.54. The van der Waals surface area contributed by atoms with Crippen molar-refractivity contribution in [3.05, 3.63) is 24.3 Å².